The molecule has 3 aliphatic carbocycles. The average Bonchev–Trinajstić information content (AvgIpc) is 3.64. The van der Waals surface area contributed by atoms with E-state index in [0.29, 0.717) is 62.1 Å². The molecule has 4 aliphatic rings. The molecule has 2 aromatic rings. The van der Waals surface area contributed by atoms with Gasteiger partial charge in [0.2, 0.25) is 0 Å². The molecule has 47 heavy (non-hydrogen) atoms. The third-order valence-corrected chi connectivity index (χ3v) is 10.9. The first-order valence-corrected chi connectivity index (χ1v) is 17.5. The molecular weight excluding hydrogens is 592 g/mol. The van der Waals surface area contributed by atoms with E-state index in [1.807, 2.05) is 26.0 Å². The summed E-state index contributed by atoms with van der Waals surface area (Å²) >= 11 is 0. The number of hydrogen-bond donors (Lipinski definition) is 3. The molecule has 5 unspecified atom stereocenters. The van der Waals surface area contributed by atoms with E-state index in [4.69, 9.17) is 9.47 Å². The number of hydrogen-bond acceptors (Lipinski definition) is 6. The molecule has 1 aliphatic heterocycles. The summed E-state index contributed by atoms with van der Waals surface area (Å²) in [5.41, 5.74) is 2.39. The second-order valence-electron chi connectivity index (χ2n) is 14.6. The third-order valence-electron chi connectivity index (χ3n) is 10.9. The second-order valence-corrected chi connectivity index (χ2v) is 14.6. The van der Waals surface area contributed by atoms with E-state index in [-0.39, 0.29) is 36.4 Å². The highest BCUT2D eigenvalue weighted by Gasteiger charge is 2.57. The van der Waals surface area contributed by atoms with Crippen LogP contribution in [0.25, 0.3) is 0 Å². The molecule has 6 rings (SSSR count). The van der Waals surface area contributed by atoms with Gasteiger partial charge in [-0.3, -0.25) is 4.79 Å². The molecule has 2 bridgehead atoms. The minimum atomic E-state index is -1.20. The van der Waals surface area contributed by atoms with Crippen molar-refractivity contribution in [1.82, 2.24) is 10.2 Å². The minimum Gasteiger partial charge on any atom is -0.497 e. The zero-order valence-electron chi connectivity index (χ0n) is 28.9. The molecule has 0 radical (unpaired) electrons. The van der Waals surface area contributed by atoms with Crippen molar-refractivity contribution in [3.63, 3.8) is 0 Å². The zero-order valence-corrected chi connectivity index (χ0v) is 28.9. The standard InChI is InChI=1S/C39H54N2O6/c1-26(2)40-37(44)41(24-32-9-7-21-47-32)25-39(45)20-18-35-33-17-11-28(22-30(42)14-10-27(3)8-6-19-38(35,39)4)23-34(33)36(43)29-12-15-31(46-5)16-13-29/h8,11-13,15-17,23,26,30,32,35,42,45H,6-7,9-10,14,18-22,24-25H2,1-5H3,(H,40,44). The Kier molecular flexibility index (Phi) is 11.1. The molecule has 8 heteroatoms. The molecule has 1 heterocycles. The van der Waals surface area contributed by atoms with Gasteiger partial charge in [0.1, 0.15) is 5.75 Å². The Labute approximate surface area is 280 Å². The van der Waals surface area contributed by atoms with Crippen molar-refractivity contribution in [2.24, 2.45) is 5.41 Å². The normalized spacial score (nSPS) is 28.0. The first-order chi connectivity index (χ1) is 22.4. The first-order valence-electron chi connectivity index (χ1n) is 17.5. The van der Waals surface area contributed by atoms with Gasteiger partial charge in [0.05, 0.1) is 31.5 Å². The maximum absolute atomic E-state index is 14.3. The van der Waals surface area contributed by atoms with E-state index in [1.165, 1.54) is 5.57 Å². The molecule has 3 N–H and O–H groups in total. The van der Waals surface area contributed by atoms with Crippen molar-refractivity contribution in [2.45, 2.75) is 115 Å². The van der Waals surface area contributed by atoms with E-state index < -0.39 is 17.1 Å². The van der Waals surface area contributed by atoms with E-state index in [1.54, 1.807) is 36.3 Å². The lowest BCUT2D eigenvalue weighted by Crippen LogP contribution is -2.57. The topological polar surface area (TPSA) is 108 Å². The van der Waals surface area contributed by atoms with Gasteiger partial charge in [-0.1, -0.05) is 30.7 Å². The van der Waals surface area contributed by atoms with Gasteiger partial charge >= 0.3 is 6.03 Å². The van der Waals surface area contributed by atoms with E-state index in [9.17, 15) is 19.8 Å². The second kappa shape index (κ2) is 14.9. The van der Waals surface area contributed by atoms with Crippen LogP contribution in [0, 0.1) is 5.41 Å². The lowest BCUT2D eigenvalue weighted by Gasteiger charge is -2.46. The Morgan fingerprint density at radius 2 is 1.87 bits per heavy atom. The third kappa shape index (κ3) is 7.93. The van der Waals surface area contributed by atoms with Gasteiger partial charge in [0.15, 0.2) is 5.78 Å². The quantitative estimate of drug-likeness (QED) is 0.221. The molecule has 5 atom stereocenters. The van der Waals surface area contributed by atoms with Crippen LogP contribution < -0.4 is 10.1 Å². The van der Waals surface area contributed by atoms with Crippen LogP contribution in [0.5, 0.6) is 5.75 Å². The molecule has 1 saturated carbocycles. The molecule has 0 spiro atoms. The lowest BCUT2D eigenvalue weighted by molar-refractivity contribution is -0.0808. The largest absolute Gasteiger partial charge is 0.497 e. The summed E-state index contributed by atoms with van der Waals surface area (Å²) in [6.07, 6.45) is 8.05. The Bertz CT molecular complexity index is 1430. The van der Waals surface area contributed by atoms with Crippen LogP contribution in [0.3, 0.4) is 0 Å². The van der Waals surface area contributed by atoms with Crippen molar-refractivity contribution in [3.8, 4) is 5.75 Å². The molecule has 1 saturated heterocycles. The van der Waals surface area contributed by atoms with E-state index >= 15 is 0 Å². The van der Waals surface area contributed by atoms with Crippen LogP contribution in [-0.4, -0.2) is 77.6 Å². The van der Waals surface area contributed by atoms with Crippen LogP contribution in [0.1, 0.15) is 112 Å². The number of rotatable bonds is 8. The summed E-state index contributed by atoms with van der Waals surface area (Å²) in [5, 5.41) is 26.8. The molecule has 256 valence electrons. The van der Waals surface area contributed by atoms with Crippen LogP contribution >= 0.6 is 0 Å². The van der Waals surface area contributed by atoms with Gasteiger partial charge in [0, 0.05) is 35.7 Å². The highest BCUT2D eigenvalue weighted by molar-refractivity contribution is 6.10. The monoisotopic (exact) mass is 646 g/mol. The maximum Gasteiger partial charge on any atom is 0.317 e. The number of ether oxygens (including phenoxy) is 2. The van der Waals surface area contributed by atoms with Crippen molar-refractivity contribution >= 4 is 11.8 Å². The first kappa shape index (κ1) is 35.1. The highest BCUT2D eigenvalue weighted by atomic mass is 16.5. The van der Waals surface area contributed by atoms with E-state index in [0.717, 1.165) is 36.8 Å². The fourth-order valence-corrected chi connectivity index (χ4v) is 8.00. The Morgan fingerprint density at radius 1 is 1.11 bits per heavy atom. The summed E-state index contributed by atoms with van der Waals surface area (Å²) in [7, 11) is 1.60. The number of fused-ring (bicyclic) bond motifs is 8. The molecule has 8 nitrogen and oxygen atoms in total. The summed E-state index contributed by atoms with van der Waals surface area (Å²) in [6.45, 7) is 9.46. The SMILES string of the molecule is COc1ccc(C(=O)c2cc3ccc2C2CCC(O)(CN(CC4CCCO4)C(=O)NC(C)C)C2(C)CCC=C(C)CCC(O)C3)cc1. The van der Waals surface area contributed by atoms with Gasteiger partial charge in [-0.05, 0) is 126 Å². The van der Waals surface area contributed by atoms with Crippen molar-refractivity contribution < 1.29 is 29.3 Å². The molecule has 2 amide bonds. The van der Waals surface area contributed by atoms with Crippen molar-refractivity contribution in [3.05, 3.63) is 76.4 Å². The number of carbonyl (C=O) groups excluding carboxylic acids is 2. The van der Waals surface area contributed by atoms with Crippen molar-refractivity contribution in [2.75, 3.05) is 26.8 Å². The minimum absolute atomic E-state index is 0.0397. The number of allylic oxidation sites excluding steroid dienone is 2. The Balaban J connectivity index is 1.57. The van der Waals surface area contributed by atoms with E-state index in [2.05, 4.69) is 31.3 Å². The lowest BCUT2D eigenvalue weighted by atomic mass is 9.64. The Hall–Kier alpha value is -3.20. The number of amides is 2. The predicted molar refractivity (Wildman–Crippen MR) is 184 cm³/mol. The number of urea groups is 1. The van der Waals surface area contributed by atoms with Crippen LogP contribution in [0.2, 0.25) is 0 Å². The summed E-state index contributed by atoms with van der Waals surface area (Å²) in [6, 6.07) is 13.0. The average molecular weight is 647 g/mol. The van der Waals surface area contributed by atoms with Crippen LogP contribution in [0.4, 0.5) is 4.79 Å². The fraction of sp³-hybridized carbons (Fsp3) is 0.590. The smallest absolute Gasteiger partial charge is 0.317 e. The summed E-state index contributed by atoms with van der Waals surface area (Å²) < 4.78 is 11.3. The highest BCUT2D eigenvalue weighted by Crippen LogP contribution is 2.59. The summed E-state index contributed by atoms with van der Waals surface area (Å²) in [4.78, 5) is 29.6. The number of benzene rings is 2. The summed E-state index contributed by atoms with van der Waals surface area (Å²) in [5.74, 6) is 0.466. The number of nitrogens with one attached hydrogen (secondary N) is 1. The fourth-order valence-electron chi connectivity index (χ4n) is 8.00. The van der Waals surface area contributed by atoms with Gasteiger partial charge in [-0.2, -0.15) is 0 Å². The van der Waals surface area contributed by atoms with Crippen LogP contribution in [0.15, 0.2) is 54.1 Å². The number of nitrogens with zero attached hydrogens (tertiary/aromatic N) is 1. The molecule has 0 aromatic heterocycles. The van der Waals surface area contributed by atoms with Crippen LogP contribution in [-0.2, 0) is 11.2 Å². The molecular formula is C39H54N2O6. The van der Waals surface area contributed by atoms with Crippen molar-refractivity contribution in [1.29, 1.82) is 0 Å². The number of aliphatic hydroxyl groups is 2. The van der Waals surface area contributed by atoms with Gasteiger partial charge < -0.3 is 29.9 Å². The number of carbonyl (C=O) groups is 2. The number of aliphatic hydroxyl groups excluding tert-OH is 1. The van der Waals surface area contributed by atoms with Gasteiger partial charge in [0.25, 0.3) is 0 Å². The molecule has 2 fully saturated rings. The number of ketones is 1. The maximum atomic E-state index is 14.3. The molecule has 2 aromatic carbocycles. The van der Waals surface area contributed by atoms with Gasteiger partial charge in [-0.15, -0.1) is 0 Å². The Morgan fingerprint density at radius 3 is 2.55 bits per heavy atom. The number of methoxy groups -OCH3 is 1. The zero-order chi connectivity index (χ0) is 33.8. The van der Waals surface area contributed by atoms with Gasteiger partial charge in [-0.25, -0.2) is 4.79 Å². The predicted octanol–water partition coefficient (Wildman–Crippen LogP) is 6.56.